The first-order chi connectivity index (χ1) is 17.8. The van der Waals surface area contributed by atoms with E-state index in [1.54, 1.807) is 18.3 Å². The summed E-state index contributed by atoms with van der Waals surface area (Å²) in [7, 11) is 0. The molecule has 0 bridgehead atoms. The number of halogens is 1. The Morgan fingerprint density at radius 2 is 2.11 bits per heavy atom. The molecule has 1 atom stereocenters. The summed E-state index contributed by atoms with van der Waals surface area (Å²) < 4.78 is 20.2. The van der Waals surface area contributed by atoms with E-state index in [-0.39, 0.29) is 30.2 Å². The van der Waals surface area contributed by atoms with E-state index in [1.807, 2.05) is 26.0 Å². The molecule has 1 aliphatic heterocycles. The lowest BCUT2D eigenvalue weighted by Gasteiger charge is -2.17. The number of pyridine rings is 1. The van der Waals surface area contributed by atoms with Gasteiger partial charge in [-0.15, -0.1) is 0 Å². The highest BCUT2D eigenvalue weighted by Crippen LogP contribution is 2.35. The Morgan fingerprint density at radius 3 is 2.84 bits per heavy atom. The van der Waals surface area contributed by atoms with Crippen LogP contribution in [0.15, 0.2) is 41.1 Å². The van der Waals surface area contributed by atoms with E-state index in [0.717, 1.165) is 29.7 Å². The van der Waals surface area contributed by atoms with E-state index in [0.29, 0.717) is 29.0 Å². The van der Waals surface area contributed by atoms with Crippen molar-refractivity contribution < 1.29 is 18.5 Å². The summed E-state index contributed by atoms with van der Waals surface area (Å²) in [5, 5.41) is 17.8. The second-order valence-corrected chi connectivity index (χ2v) is 9.52. The van der Waals surface area contributed by atoms with Crippen LogP contribution in [-0.2, 0) is 11.3 Å². The number of aromatic nitrogens is 4. The van der Waals surface area contributed by atoms with Crippen LogP contribution in [0, 0.1) is 5.82 Å². The normalized spacial score (nSPS) is 15.5. The Kier molecular flexibility index (Phi) is 6.60. The monoisotopic (exact) mass is 505 g/mol. The SMILES string of the molecule is CC(=O)N[C@@H]1CCN(c2n[nH]c3nccc(-c4ccc(CNC(=O)c5cc(C(C)C)no5)c(F)c4)c23)C1. The lowest BCUT2D eigenvalue weighted by molar-refractivity contribution is -0.119. The molecule has 4 heterocycles. The van der Waals surface area contributed by atoms with Gasteiger partial charge in [-0.2, -0.15) is 5.10 Å². The first kappa shape index (κ1) is 24.4. The predicted molar refractivity (Wildman–Crippen MR) is 135 cm³/mol. The van der Waals surface area contributed by atoms with Crippen molar-refractivity contribution in [3.63, 3.8) is 0 Å². The van der Waals surface area contributed by atoms with E-state index >= 15 is 4.39 Å². The molecule has 1 saturated heterocycles. The van der Waals surface area contributed by atoms with E-state index in [9.17, 15) is 9.59 Å². The summed E-state index contributed by atoms with van der Waals surface area (Å²) in [5.74, 6) is -0.0144. The smallest absolute Gasteiger partial charge is 0.290 e. The van der Waals surface area contributed by atoms with Crippen LogP contribution >= 0.6 is 0 Å². The van der Waals surface area contributed by atoms with Gasteiger partial charge in [-0.1, -0.05) is 31.1 Å². The molecule has 3 aromatic heterocycles. The molecule has 192 valence electrons. The van der Waals surface area contributed by atoms with Gasteiger partial charge in [0.25, 0.3) is 5.91 Å². The summed E-state index contributed by atoms with van der Waals surface area (Å²) in [6.07, 6.45) is 2.46. The second kappa shape index (κ2) is 10.00. The van der Waals surface area contributed by atoms with Crippen LogP contribution in [0.2, 0.25) is 0 Å². The molecule has 0 saturated carbocycles. The number of nitrogens with one attached hydrogen (secondary N) is 3. The molecule has 0 radical (unpaired) electrons. The van der Waals surface area contributed by atoms with Crippen LogP contribution in [0.4, 0.5) is 10.2 Å². The second-order valence-electron chi connectivity index (χ2n) is 9.52. The fourth-order valence-corrected chi connectivity index (χ4v) is 4.55. The lowest BCUT2D eigenvalue weighted by Crippen LogP contribution is -2.35. The Hall–Kier alpha value is -4.28. The molecule has 10 nitrogen and oxygen atoms in total. The zero-order valence-corrected chi connectivity index (χ0v) is 20.8. The van der Waals surface area contributed by atoms with Gasteiger partial charge in [0.1, 0.15) is 5.82 Å². The first-order valence-corrected chi connectivity index (χ1v) is 12.2. The number of amides is 2. The summed E-state index contributed by atoms with van der Waals surface area (Å²) in [4.78, 5) is 30.3. The zero-order valence-electron chi connectivity index (χ0n) is 20.8. The number of hydrogen-bond donors (Lipinski definition) is 3. The number of hydrogen-bond acceptors (Lipinski definition) is 7. The van der Waals surface area contributed by atoms with Crippen molar-refractivity contribution in [1.82, 2.24) is 31.0 Å². The van der Waals surface area contributed by atoms with Crippen LogP contribution in [0.25, 0.3) is 22.2 Å². The molecule has 0 aliphatic carbocycles. The van der Waals surface area contributed by atoms with Crippen molar-refractivity contribution in [1.29, 1.82) is 0 Å². The highest BCUT2D eigenvalue weighted by atomic mass is 19.1. The van der Waals surface area contributed by atoms with E-state index in [1.165, 1.54) is 13.0 Å². The molecule has 0 unspecified atom stereocenters. The van der Waals surface area contributed by atoms with Crippen molar-refractivity contribution in [2.45, 2.75) is 45.7 Å². The number of aromatic amines is 1. The molecule has 4 aromatic rings. The molecule has 2 amide bonds. The summed E-state index contributed by atoms with van der Waals surface area (Å²) >= 11 is 0. The zero-order chi connectivity index (χ0) is 26.1. The Bertz CT molecular complexity index is 1460. The largest absolute Gasteiger partial charge is 0.352 e. The number of carbonyl (C=O) groups excluding carboxylic acids is 2. The fraction of sp³-hybridized carbons (Fsp3) is 0.346. The topological polar surface area (TPSA) is 129 Å². The highest BCUT2D eigenvalue weighted by molar-refractivity contribution is 6.00. The third-order valence-corrected chi connectivity index (χ3v) is 6.48. The van der Waals surface area contributed by atoms with Gasteiger partial charge in [-0.25, -0.2) is 9.37 Å². The number of anilines is 1. The number of carbonyl (C=O) groups is 2. The lowest BCUT2D eigenvalue weighted by atomic mass is 10.0. The molecular formula is C26H28FN7O3. The van der Waals surface area contributed by atoms with Crippen LogP contribution in [0.3, 0.4) is 0 Å². The van der Waals surface area contributed by atoms with Gasteiger partial charge in [0.05, 0.1) is 11.1 Å². The van der Waals surface area contributed by atoms with Crippen molar-refractivity contribution in [2.75, 3.05) is 18.0 Å². The highest BCUT2D eigenvalue weighted by Gasteiger charge is 2.27. The van der Waals surface area contributed by atoms with Gasteiger partial charge in [-0.05, 0) is 35.6 Å². The van der Waals surface area contributed by atoms with Crippen LogP contribution in [0.5, 0.6) is 0 Å². The van der Waals surface area contributed by atoms with Crippen molar-refractivity contribution in [3.05, 3.63) is 59.4 Å². The van der Waals surface area contributed by atoms with Crippen LogP contribution in [0.1, 0.15) is 54.9 Å². The van der Waals surface area contributed by atoms with Gasteiger partial charge in [0, 0.05) is 50.4 Å². The fourth-order valence-electron chi connectivity index (χ4n) is 4.55. The van der Waals surface area contributed by atoms with Gasteiger partial charge in [0.15, 0.2) is 11.5 Å². The van der Waals surface area contributed by atoms with E-state index < -0.39 is 11.7 Å². The maximum atomic E-state index is 15.1. The predicted octanol–water partition coefficient (Wildman–Crippen LogP) is 3.52. The van der Waals surface area contributed by atoms with Crippen molar-refractivity contribution >= 4 is 28.7 Å². The minimum absolute atomic E-state index is 0.00366. The quantitative estimate of drug-likeness (QED) is 0.350. The van der Waals surface area contributed by atoms with Gasteiger partial charge < -0.3 is 20.1 Å². The summed E-state index contributed by atoms with van der Waals surface area (Å²) in [6, 6.07) is 8.38. The number of benzene rings is 1. The summed E-state index contributed by atoms with van der Waals surface area (Å²) in [6.45, 7) is 6.78. The number of fused-ring (bicyclic) bond motifs is 1. The molecule has 3 N–H and O–H groups in total. The van der Waals surface area contributed by atoms with Crippen LogP contribution < -0.4 is 15.5 Å². The number of nitrogens with zero attached hydrogens (tertiary/aromatic N) is 4. The summed E-state index contributed by atoms with van der Waals surface area (Å²) in [5.41, 5.74) is 3.07. The third kappa shape index (κ3) is 5.02. The minimum atomic E-state index is -0.454. The third-order valence-electron chi connectivity index (χ3n) is 6.48. The van der Waals surface area contributed by atoms with Gasteiger partial charge >= 0.3 is 0 Å². The Morgan fingerprint density at radius 1 is 1.27 bits per heavy atom. The standard InChI is InChI=1S/C26H28FN7O3/c1-14(2)21-11-22(37-33-21)26(36)29-12-17-5-4-16(10-20(17)27)19-6-8-28-24-23(19)25(32-31-24)34-9-7-18(13-34)30-15(3)35/h4-6,8,10-11,14,18H,7,9,12-13H2,1-3H3,(H,29,36)(H,30,35)(H,28,31,32)/t18-/m1/s1. The Balaban J connectivity index is 1.35. The average molecular weight is 506 g/mol. The van der Waals surface area contributed by atoms with E-state index in [4.69, 9.17) is 4.52 Å². The van der Waals surface area contributed by atoms with Crippen molar-refractivity contribution in [2.24, 2.45) is 0 Å². The number of rotatable bonds is 7. The maximum absolute atomic E-state index is 15.1. The molecule has 1 aromatic carbocycles. The molecule has 1 aliphatic rings. The van der Waals surface area contributed by atoms with Gasteiger partial charge in [0.2, 0.25) is 11.7 Å². The molecule has 11 heteroatoms. The molecule has 1 fully saturated rings. The molecular weight excluding hydrogens is 477 g/mol. The molecule has 0 spiro atoms. The van der Waals surface area contributed by atoms with Gasteiger partial charge in [-0.3, -0.25) is 14.7 Å². The number of H-pyrrole nitrogens is 1. The van der Waals surface area contributed by atoms with Crippen LogP contribution in [-0.4, -0.2) is 51.3 Å². The van der Waals surface area contributed by atoms with Crippen molar-refractivity contribution in [3.8, 4) is 11.1 Å². The first-order valence-electron chi connectivity index (χ1n) is 12.2. The molecule has 37 heavy (non-hydrogen) atoms. The maximum Gasteiger partial charge on any atom is 0.290 e. The minimum Gasteiger partial charge on any atom is -0.352 e. The van der Waals surface area contributed by atoms with E-state index in [2.05, 4.69) is 35.9 Å². The molecule has 5 rings (SSSR count). The average Bonchev–Trinajstić information content (AvgIpc) is 3.62. The Labute approximate surface area is 212 Å².